The summed E-state index contributed by atoms with van der Waals surface area (Å²) in [6.45, 7) is 8.00. The number of nitrogens with one attached hydrogen (secondary N) is 2. The summed E-state index contributed by atoms with van der Waals surface area (Å²) in [5.41, 5.74) is -0.394. The summed E-state index contributed by atoms with van der Waals surface area (Å²) in [6, 6.07) is 0.758. The normalized spacial score (nSPS) is 26.2. The molecular formula is C15H27N3O2. The van der Waals surface area contributed by atoms with E-state index in [1.165, 1.54) is 0 Å². The predicted molar refractivity (Wildman–Crippen MR) is 78.2 cm³/mol. The zero-order valence-electron chi connectivity index (χ0n) is 12.9. The van der Waals surface area contributed by atoms with Crippen LogP contribution >= 0.6 is 0 Å². The summed E-state index contributed by atoms with van der Waals surface area (Å²) in [4.78, 5) is 26.2. The summed E-state index contributed by atoms with van der Waals surface area (Å²) in [5.74, 6) is 0.196. The fourth-order valence-corrected chi connectivity index (χ4v) is 3.07. The molecule has 5 nitrogen and oxygen atoms in total. The van der Waals surface area contributed by atoms with E-state index in [1.807, 2.05) is 20.8 Å². The van der Waals surface area contributed by atoms with Crippen molar-refractivity contribution in [3.8, 4) is 0 Å². The van der Waals surface area contributed by atoms with Crippen molar-refractivity contribution < 1.29 is 9.59 Å². The maximum absolute atomic E-state index is 12.4. The molecule has 0 aliphatic carbocycles. The standard InChI is InChI=1S/C15H27N3O2/c1-15(2,3)14(20)17-9-7-13(19)18-11-4-5-12(18)10-16-8-6-11/h11-12,16H,4-10H2,1-3H3,(H,17,20). The smallest absolute Gasteiger partial charge is 0.225 e. The van der Waals surface area contributed by atoms with E-state index in [2.05, 4.69) is 15.5 Å². The Labute approximate surface area is 121 Å². The second kappa shape index (κ2) is 6.12. The number of carbonyl (C=O) groups is 2. The number of hydrogen-bond acceptors (Lipinski definition) is 3. The molecule has 0 saturated carbocycles. The van der Waals surface area contributed by atoms with Gasteiger partial charge in [-0.1, -0.05) is 20.8 Å². The number of hydrogen-bond donors (Lipinski definition) is 2. The van der Waals surface area contributed by atoms with Gasteiger partial charge in [-0.2, -0.15) is 0 Å². The Morgan fingerprint density at radius 2 is 1.90 bits per heavy atom. The summed E-state index contributed by atoms with van der Waals surface area (Å²) in [6.07, 6.45) is 3.70. The molecule has 2 rings (SSSR count). The summed E-state index contributed by atoms with van der Waals surface area (Å²) >= 11 is 0. The Bertz CT molecular complexity index is 362. The van der Waals surface area contributed by atoms with Crippen LogP contribution in [0.15, 0.2) is 0 Å². The number of rotatable bonds is 3. The Kier molecular flexibility index (Phi) is 4.68. The van der Waals surface area contributed by atoms with Crippen molar-refractivity contribution in [3.63, 3.8) is 0 Å². The fourth-order valence-electron chi connectivity index (χ4n) is 3.07. The first kappa shape index (κ1) is 15.3. The van der Waals surface area contributed by atoms with Crippen LogP contribution in [0, 0.1) is 5.41 Å². The fraction of sp³-hybridized carbons (Fsp3) is 0.867. The SMILES string of the molecule is CC(C)(C)C(=O)NCCC(=O)N1C2CCNCC1CC2. The van der Waals surface area contributed by atoms with Gasteiger partial charge in [0.25, 0.3) is 0 Å². The molecule has 20 heavy (non-hydrogen) atoms. The van der Waals surface area contributed by atoms with Gasteiger partial charge in [0.1, 0.15) is 0 Å². The Morgan fingerprint density at radius 1 is 1.20 bits per heavy atom. The third-order valence-corrected chi connectivity index (χ3v) is 4.25. The molecule has 2 heterocycles. The van der Waals surface area contributed by atoms with Crippen molar-refractivity contribution in [1.82, 2.24) is 15.5 Å². The lowest BCUT2D eigenvalue weighted by Crippen LogP contribution is -2.44. The highest BCUT2D eigenvalue weighted by molar-refractivity contribution is 5.82. The molecule has 2 amide bonds. The number of carbonyl (C=O) groups excluding carboxylic acids is 2. The van der Waals surface area contributed by atoms with Crippen LogP contribution in [-0.4, -0.2) is 48.4 Å². The molecule has 2 aliphatic rings. The number of amides is 2. The third kappa shape index (κ3) is 3.51. The molecule has 0 radical (unpaired) electrons. The molecule has 114 valence electrons. The first-order valence-corrected chi connectivity index (χ1v) is 7.70. The molecule has 2 fully saturated rings. The van der Waals surface area contributed by atoms with Gasteiger partial charge in [-0.05, 0) is 25.8 Å². The van der Waals surface area contributed by atoms with Crippen molar-refractivity contribution in [2.45, 2.75) is 58.5 Å². The molecule has 2 unspecified atom stereocenters. The second-order valence-electron chi connectivity index (χ2n) is 6.93. The third-order valence-electron chi connectivity index (χ3n) is 4.25. The molecule has 0 aromatic carbocycles. The minimum atomic E-state index is -0.394. The maximum atomic E-state index is 12.4. The van der Waals surface area contributed by atoms with Crippen LogP contribution in [0.3, 0.4) is 0 Å². The van der Waals surface area contributed by atoms with Crippen molar-refractivity contribution >= 4 is 11.8 Å². The van der Waals surface area contributed by atoms with Gasteiger partial charge < -0.3 is 15.5 Å². The van der Waals surface area contributed by atoms with Gasteiger partial charge in [0.05, 0.1) is 0 Å². The summed E-state index contributed by atoms with van der Waals surface area (Å²) in [7, 11) is 0. The van der Waals surface area contributed by atoms with E-state index < -0.39 is 5.41 Å². The summed E-state index contributed by atoms with van der Waals surface area (Å²) in [5, 5.41) is 6.25. The molecule has 0 spiro atoms. The molecule has 2 atom stereocenters. The van der Waals surface area contributed by atoms with E-state index in [-0.39, 0.29) is 11.8 Å². The largest absolute Gasteiger partial charge is 0.355 e. The van der Waals surface area contributed by atoms with Crippen molar-refractivity contribution in [2.24, 2.45) is 5.41 Å². The van der Waals surface area contributed by atoms with Crippen LogP contribution < -0.4 is 10.6 Å². The molecule has 0 aromatic rings. The maximum Gasteiger partial charge on any atom is 0.225 e. The van der Waals surface area contributed by atoms with Gasteiger partial charge in [-0.15, -0.1) is 0 Å². The minimum Gasteiger partial charge on any atom is -0.355 e. The van der Waals surface area contributed by atoms with Crippen molar-refractivity contribution in [1.29, 1.82) is 0 Å². The van der Waals surface area contributed by atoms with Gasteiger partial charge in [-0.3, -0.25) is 9.59 Å². The van der Waals surface area contributed by atoms with E-state index in [0.717, 1.165) is 32.4 Å². The van der Waals surface area contributed by atoms with Crippen LogP contribution in [0.2, 0.25) is 0 Å². The Hall–Kier alpha value is -1.10. The van der Waals surface area contributed by atoms with E-state index in [1.54, 1.807) is 0 Å². The van der Waals surface area contributed by atoms with E-state index in [0.29, 0.717) is 25.0 Å². The first-order valence-electron chi connectivity index (χ1n) is 7.70. The average Bonchev–Trinajstić information content (AvgIpc) is 2.61. The van der Waals surface area contributed by atoms with Gasteiger partial charge in [0.15, 0.2) is 0 Å². The molecule has 5 heteroatoms. The van der Waals surface area contributed by atoms with Crippen LogP contribution in [0.1, 0.15) is 46.5 Å². The lowest BCUT2D eigenvalue weighted by Gasteiger charge is -2.28. The zero-order chi connectivity index (χ0) is 14.8. The van der Waals surface area contributed by atoms with Crippen LogP contribution in [-0.2, 0) is 9.59 Å². The zero-order valence-corrected chi connectivity index (χ0v) is 12.9. The van der Waals surface area contributed by atoms with Gasteiger partial charge in [0, 0.05) is 37.0 Å². The molecule has 2 aliphatic heterocycles. The van der Waals surface area contributed by atoms with E-state index in [9.17, 15) is 9.59 Å². The topological polar surface area (TPSA) is 61.4 Å². The molecule has 2 saturated heterocycles. The molecular weight excluding hydrogens is 254 g/mol. The van der Waals surface area contributed by atoms with Gasteiger partial charge in [-0.25, -0.2) is 0 Å². The monoisotopic (exact) mass is 281 g/mol. The Balaban J connectivity index is 1.82. The number of nitrogens with zero attached hydrogens (tertiary/aromatic N) is 1. The molecule has 0 aromatic heterocycles. The highest BCUT2D eigenvalue weighted by Crippen LogP contribution is 2.28. The Morgan fingerprint density at radius 3 is 2.60 bits per heavy atom. The van der Waals surface area contributed by atoms with Crippen molar-refractivity contribution in [2.75, 3.05) is 19.6 Å². The second-order valence-corrected chi connectivity index (χ2v) is 6.93. The summed E-state index contributed by atoms with van der Waals surface area (Å²) < 4.78 is 0. The minimum absolute atomic E-state index is 0.00537. The highest BCUT2D eigenvalue weighted by Gasteiger charge is 2.37. The van der Waals surface area contributed by atoms with Gasteiger partial charge in [0.2, 0.25) is 11.8 Å². The molecule has 2 bridgehead atoms. The van der Waals surface area contributed by atoms with Crippen LogP contribution in [0.4, 0.5) is 0 Å². The average molecular weight is 281 g/mol. The van der Waals surface area contributed by atoms with Gasteiger partial charge >= 0.3 is 0 Å². The van der Waals surface area contributed by atoms with Crippen LogP contribution in [0.25, 0.3) is 0 Å². The van der Waals surface area contributed by atoms with E-state index in [4.69, 9.17) is 0 Å². The van der Waals surface area contributed by atoms with Crippen LogP contribution in [0.5, 0.6) is 0 Å². The predicted octanol–water partition coefficient (Wildman–Crippen LogP) is 0.892. The lowest BCUT2D eigenvalue weighted by atomic mass is 9.96. The number of fused-ring (bicyclic) bond motifs is 2. The van der Waals surface area contributed by atoms with Crippen molar-refractivity contribution in [3.05, 3.63) is 0 Å². The van der Waals surface area contributed by atoms with E-state index >= 15 is 0 Å². The quantitative estimate of drug-likeness (QED) is 0.808. The lowest BCUT2D eigenvalue weighted by molar-refractivity contribution is -0.134. The highest BCUT2D eigenvalue weighted by atomic mass is 16.2. The molecule has 2 N–H and O–H groups in total. The first-order chi connectivity index (χ1) is 9.39.